The first-order chi connectivity index (χ1) is 21.8. The van der Waals surface area contributed by atoms with Crippen LogP contribution in [0.15, 0.2) is 60.7 Å². The molecule has 46 heavy (non-hydrogen) atoms. The number of ether oxygens (including phenoxy) is 2. The van der Waals surface area contributed by atoms with Gasteiger partial charge in [0.05, 0.1) is 25.2 Å². The van der Waals surface area contributed by atoms with Crippen molar-refractivity contribution < 1.29 is 33.4 Å². The van der Waals surface area contributed by atoms with Crippen LogP contribution in [0.25, 0.3) is 0 Å². The highest BCUT2D eigenvalue weighted by Crippen LogP contribution is 2.36. The molecule has 13 heteroatoms. The number of nitrogens with one attached hydrogen (secondary N) is 2. The third-order valence-corrected chi connectivity index (χ3v) is 8.49. The first-order valence-electron chi connectivity index (χ1n) is 15.4. The number of nitrogens with zero attached hydrogens (tertiary/aromatic N) is 3. The molecule has 0 radical (unpaired) electrons. The fraction of sp³-hybridized carbons (Fsp3) is 0.485. The van der Waals surface area contributed by atoms with E-state index in [4.69, 9.17) is 15.2 Å². The van der Waals surface area contributed by atoms with Gasteiger partial charge in [0.2, 0.25) is 17.7 Å². The van der Waals surface area contributed by atoms with E-state index in [0.29, 0.717) is 12.1 Å². The maximum absolute atomic E-state index is 14.2. The second-order valence-electron chi connectivity index (χ2n) is 12.7. The van der Waals surface area contributed by atoms with Gasteiger partial charge in [-0.25, -0.2) is 9.59 Å². The number of carbonyl (C=O) groups excluding carboxylic acids is 5. The summed E-state index contributed by atoms with van der Waals surface area (Å²) in [5.74, 6) is -1.23. The molecule has 4 rings (SSSR count). The molecule has 13 nitrogen and oxygen atoms in total. The molecule has 2 aliphatic heterocycles. The molecule has 0 aliphatic carbocycles. The van der Waals surface area contributed by atoms with Crippen molar-refractivity contribution in [2.75, 3.05) is 32.0 Å². The van der Waals surface area contributed by atoms with Gasteiger partial charge in [-0.3, -0.25) is 24.6 Å². The minimum absolute atomic E-state index is 0.0508. The van der Waals surface area contributed by atoms with Gasteiger partial charge in [-0.15, -0.1) is 0 Å². The molecule has 2 heterocycles. The van der Waals surface area contributed by atoms with Crippen molar-refractivity contribution >= 4 is 35.6 Å². The molecule has 4 N–H and O–H groups in total. The highest BCUT2D eigenvalue weighted by atomic mass is 16.6. The Morgan fingerprint density at radius 2 is 1.63 bits per heavy atom. The molecule has 0 saturated carbocycles. The van der Waals surface area contributed by atoms with Crippen LogP contribution in [0, 0.1) is 5.41 Å². The second-order valence-corrected chi connectivity index (χ2v) is 12.7. The van der Waals surface area contributed by atoms with Gasteiger partial charge in [0.25, 0.3) is 0 Å². The summed E-state index contributed by atoms with van der Waals surface area (Å²) in [6.45, 7) is 7.22. The number of carbonyl (C=O) groups is 5. The first kappa shape index (κ1) is 34.2. The Morgan fingerprint density at radius 1 is 1.00 bits per heavy atom. The highest BCUT2D eigenvalue weighted by molar-refractivity contribution is 5.92. The van der Waals surface area contributed by atoms with Gasteiger partial charge in [0.15, 0.2) is 0 Å². The number of hydrogen-bond acceptors (Lipinski definition) is 8. The smallest absolute Gasteiger partial charge is 0.412 e. The Labute approximate surface area is 269 Å². The molecule has 248 valence electrons. The lowest BCUT2D eigenvalue weighted by Crippen LogP contribution is -2.60. The summed E-state index contributed by atoms with van der Waals surface area (Å²) >= 11 is 0. The van der Waals surface area contributed by atoms with Crippen LogP contribution < -0.4 is 16.4 Å². The molecular weight excluding hydrogens is 592 g/mol. The number of likely N-dealkylation sites (tertiary alicyclic amines) is 2. The molecule has 2 aromatic carbocycles. The summed E-state index contributed by atoms with van der Waals surface area (Å²) in [5.41, 5.74) is 6.30. The van der Waals surface area contributed by atoms with Gasteiger partial charge >= 0.3 is 12.2 Å². The summed E-state index contributed by atoms with van der Waals surface area (Å²) in [7, 11) is 1.46. The Hall–Kier alpha value is -4.65. The van der Waals surface area contributed by atoms with E-state index in [-0.39, 0.29) is 38.1 Å². The van der Waals surface area contributed by atoms with E-state index in [9.17, 15) is 24.0 Å². The number of anilines is 1. The maximum atomic E-state index is 14.2. The number of para-hydroxylation sites is 1. The Balaban J connectivity index is 1.47. The van der Waals surface area contributed by atoms with Gasteiger partial charge in [0.1, 0.15) is 24.8 Å². The molecule has 2 aromatic rings. The minimum atomic E-state index is -0.993. The standard InChI is InChI=1S/C33H44N6O7/c1-21(37(5)32(44)45-20-22-12-8-6-9-13-22)29(41)36-28(33(2,3)4)30(42)38-17-16-24-27(38)25(19-39(24)26(40)18-34)46-31(43)35-23-14-10-7-11-15-23/h6-15,21,24-25,27-28H,16-20,34H2,1-5H3,(H,35,43)(H,36,41). The average Bonchev–Trinajstić information content (AvgIpc) is 3.62. The van der Waals surface area contributed by atoms with Crippen LogP contribution in [0.2, 0.25) is 0 Å². The van der Waals surface area contributed by atoms with Crippen LogP contribution in [0.5, 0.6) is 0 Å². The zero-order valence-electron chi connectivity index (χ0n) is 27.0. The van der Waals surface area contributed by atoms with Gasteiger partial charge in [-0.2, -0.15) is 0 Å². The van der Waals surface area contributed by atoms with Gasteiger partial charge in [0, 0.05) is 19.3 Å². The molecule has 2 saturated heterocycles. The molecule has 0 spiro atoms. The van der Waals surface area contributed by atoms with E-state index >= 15 is 0 Å². The van der Waals surface area contributed by atoms with E-state index in [1.54, 1.807) is 41.0 Å². The van der Waals surface area contributed by atoms with Gasteiger partial charge < -0.3 is 30.3 Å². The van der Waals surface area contributed by atoms with Crippen molar-refractivity contribution in [1.82, 2.24) is 20.0 Å². The fourth-order valence-corrected chi connectivity index (χ4v) is 5.83. The molecule has 5 amide bonds. The summed E-state index contributed by atoms with van der Waals surface area (Å²) < 4.78 is 11.2. The van der Waals surface area contributed by atoms with E-state index in [1.165, 1.54) is 11.9 Å². The molecule has 5 atom stereocenters. The van der Waals surface area contributed by atoms with Crippen molar-refractivity contribution in [3.63, 3.8) is 0 Å². The number of nitrogens with two attached hydrogens (primary N) is 1. The molecular formula is C33H44N6O7. The number of amides is 5. The van der Waals surface area contributed by atoms with Crippen LogP contribution in [-0.2, 0) is 30.5 Å². The monoisotopic (exact) mass is 636 g/mol. The molecule has 5 unspecified atom stereocenters. The normalized spacial score (nSPS) is 20.3. The predicted molar refractivity (Wildman–Crippen MR) is 170 cm³/mol. The molecule has 2 aliphatic rings. The van der Waals surface area contributed by atoms with Crippen LogP contribution in [0.3, 0.4) is 0 Å². The Morgan fingerprint density at radius 3 is 2.24 bits per heavy atom. The summed E-state index contributed by atoms with van der Waals surface area (Å²) in [6.07, 6.45) is -1.76. The number of rotatable bonds is 9. The van der Waals surface area contributed by atoms with Crippen LogP contribution in [0.1, 0.15) is 39.7 Å². The fourth-order valence-electron chi connectivity index (χ4n) is 5.83. The predicted octanol–water partition coefficient (Wildman–Crippen LogP) is 2.56. The van der Waals surface area contributed by atoms with Crippen molar-refractivity contribution in [2.24, 2.45) is 11.1 Å². The SMILES string of the molecule is CC(C(=O)NC(C(=O)N1CCC2C1C(OC(=O)Nc1ccccc1)CN2C(=O)CN)C(C)(C)C)N(C)C(=O)OCc1ccccc1. The third-order valence-electron chi connectivity index (χ3n) is 8.49. The lowest BCUT2D eigenvalue weighted by molar-refractivity contribution is -0.142. The van der Waals surface area contributed by atoms with E-state index in [2.05, 4.69) is 10.6 Å². The average molecular weight is 637 g/mol. The zero-order valence-corrected chi connectivity index (χ0v) is 27.0. The number of fused-ring (bicyclic) bond motifs is 1. The summed E-state index contributed by atoms with van der Waals surface area (Å²) in [5, 5.41) is 5.54. The quantitative estimate of drug-likeness (QED) is 0.378. The van der Waals surface area contributed by atoms with Crippen LogP contribution in [0.4, 0.5) is 15.3 Å². The summed E-state index contributed by atoms with van der Waals surface area (Å²) in [6, 6.07) is 15.0. The molecule has 0 aromatic heterocycles. The highest BCUT2D eigenvalue weighted by Gasteiger charge is 2.55. The largest absolute Gasteiger partial charge is 0.445 e. The zero-order chi connectivity index (χ0) is 33.6. The Kier molecular flexibility index (Phi) is 10.9. The summed E-state index contributed by atoms with van der Waals surface area (Å²) in [4.78, 5) is 70.4. The topological polar surface area (TPSA) is 164 Å². The Bertz CT molecular complexity index is 1400. The minimum Gasteiger partial charge on any atom is -0.445 e. The third kappa shape index (κ3) is 7.94. The number of likely N-dealkylation sites (N-methyl/N-ethyl adjacent to an activating group) is 1. The first-order valence-corrected chi connectivity index (χ1v) is 15.4. The molecule has 0 bridgehead atoms. The lowest BCUT2D eigenvalue weighted by Gasteiger charge is -2.37. The van der Waals surface area contributed by atoms with Gasteiger partial charge in [-0.1, -0.05) is 69.3 Å². The second kappa shape index (κ2) is 14.6. The van der Waals surface area contributed by atoms with Crippen molar-refractivity contribution in [2.45, 2.75) is 71.0 Å². The van der Waals surface area contributed by atoms with Crippen molar-refractivity contribution in [1.29, 1.82) is 0 Å². The van der Waals surface area contributed by atoms with E-state index in [0.717, 1.165) is 5.56 Å². The number of hydrogen-bond donors (Lipinski definition) is 3. The van der Waals surface area contributed by atoms with E-state index < -0.39 is 53.8 Å². The van der Waals surface area contributed by atoms with Gasteiger partial charge in [-0.05, 0) is 36.5 Å². The molecule has 2 fully saturated rings. The van der Waals surface area contributed by atoms with Crippen molar-refractivity contribution in [3.05, 3.63) is 66.2 Å². The number of benzene rings is 2. The maximum Gasteiger partial charge on any atom is 0.412 e. The van der Waals surface area contributed by atoms with Crippen LogP contribution in [-0.4, -0.2) is 102 Å². The van der Waals surface area contributed by atoms with Crippen molar-refractivity contribution in [3.8, 4) is 0 Å². The van der Waals surface area contributed by atoms with Crippen LogP contribution >= 0.6 is 0 Å². The van der Waals surface area contributed by atoms with E-state index in [1.807, 2.05) is 57.2 Å². The lowest BCUT2D eigenvalue weighted by atomic mass is 9.85.